The number of carbonyl (C=O) groups excluding carboxylic acids is 1. The monoisotopic (exact) mass is 366 g/mol. The molecule has 0 atom stereocenters. The summed E-state index contributed by atoms with van der Waals surface area (Å²) < 4.78 is 32.9. The summed E-state index contributed by atoms with van der Waals surface area (Å²) in [5.41, 5.74) is 0.781. The molecule has 1 saturated heterocycles. The summed E-state index contributed by atoms with van der Waals surface area (Å²) in [6.45, 7) is 1.46. The standard InChI is InChI=1S/C16H18N2O4S2/c1-22-14-7-3-2-6-13(14)17-24(20,21)15-10-12(11-23-15)16(19)18-8-4-5-9-18/h2-3,6-7,10-11,17H,4-5,8-9H2,1H3. The number of amides is 1. The number of thiophene rings is 1. The maximum Gasteiger partial charge on any atom is 0.271 e. The van der Waals surface area contributed by atoms with Gasteiger partial charge in [-0.2, -0.15) is 0 Å². The van der Waals surface area contributed by atoms with Gasteiger partial charge in [0.2, 0.25) is 0 Å². The molecule has 2 aromatic rings. The second kappa shape index (κ2) is 6.82. The Kier molecular flexibility index (Phi) is 4.77. The molecule has 1 aromatic carbocycles. The average Bonchev–Trinajstić information content (AvgIpc) is 3.26. The summed E-state index contributed by atoms with van der Waals surface area (Å²) in [6.07, 6.45) is 1.99. The van der Waals surface area contributed by atoms with Gasteiger partial charge in [0, 0.05) is 18.5 Å². The first-order chi connectivity index (χ1) is 11.5. The van der Waals surface area contributed by atoms with Crippen molar-refractivity contribution in [2.24, 2.45) is 0 Å². The summed E-state index contributed by atoms with van der Waals surface area (Å²) in [7, 11) is -2.29. The second-order valence-corrected chi connectivity index (χ2v) is 8.28. The number of para-hydroxylation sites is 2. The van der Waals surface area contributed by atoms with Crippen LogP contribution in [0.1, 0.15) is 23.2 Å². The van der Waals surface area contributed by atoms with Crippen molar-refractivity contribution in [3.8, 4) is 5.75 Å². The second-order valence-electron chi connectivity index (χ2n) is 5.46. The van der Waals surface area contributed by atoms with E-state index in [-0.39, 0.29) is 10.1 Å². The van der Waals surface area contributed by atoms with E-state index >= 15 is 0 Å². The van der Waals surface area contributed by atoms with Crippen LogP contribution in [0, 0.1) is 0 Å². The first-order valence-corrected chi connectivity index (χ1v) is 9.91. The van der Waals surface area contributed by atoms with Gasteiger partial charge in [0.15, 0.2) is 0 Å². The van der Waals surface area contributed by atoms with E-state index in [1.54, 1.807) is 34.5 Å². The SMILES string of the molecule is COc1ccccc1NS(=O)(=O)c1cc(C(=O)N2CCCC2)cs1. The van der Waals surface area contributed by atoms with Gasteiger partial charge in [-0.25, -0.2) is 8.42 Å². The predicted molar refractivity (Wildman–Crippen MR) is 93.3 cm³/mol. The Labute approximate surface area is 145 Å². The summed E-state index contributed by atoms with van der Waals surface area (Å²) in [4.78, 5) is 14.1. The van der Waals surface area contributed by atoms with E-state index in [1.807, 2.05) is 0 Å². The number of hydrogen-bond donors (Lipinski definition) is 1. The Balaban J connectivity index is 1.81. The zero-order valence-corrected chi connectivity index (χ0v) is 14.8. The summed E-state index contributed by atoms with van der Waals surface area (Å²) in [5.74, 6) is 0.327. The molecule has 3 rings (SSSR count). The van der Waals surface area contributed by atoms with Crippen molar-refractivity contribution >= 4 is 33.0 Å². The van der Waals surface area contributed by atoms with Crippen LogP contribution in [0.3, 0.4) is 0 Å². The molecular formula is C16H18N2O4S2. The predicted octanol–water partition coefficient (Wildman–Crippen LogP) is 2.79. The molecule has 1 amide bonds. The van der Waals surface area contributed by atoms with Crippen molar-refractivity contribution in [3.63, 3.8) is 0 Å². The number of benzene rings is 1. The number of nitrogens with one attached hydrogen (secondary N) is 1. The van der Waals surface area contributed by atoms with Crippen LogP contribution in [-0.2, 0) is 10.0 Å². The molecule has 0 saturated carbocycles. The first-order valence-electron chi connectivity index (χ1n) is 7.55. The van der Waals surface area contributed by atoms with Gasteiger partial charge in [-0.3, -0.25) is 9.52 Å². The highest BCUT2D eigenvalue weighted by atomic mass is 32.2. The number of carbonyl (C=O) groups is 1. The van der Waals surface area contributed by atoms with Crippen LogP contribution in [0.5, 0.6) is 5.75 Å². The minimum Gasteiger partial charge on any atom is -0.495 e. The lowest BCUT2D eigenvalue weighted by Crippen LogP contribution is -2.27. The zero-order chi connectivity index (χ0) is 17.2. The van der Waals surface area contributed by atoms with E-state index in [2.05, 4.69) is 4.72 Å². The van der Waals surface area contributed by atoms with Gasteiger partial charge in [0.25, 0.3) is 15.9 Å². The van der Waals surface area contributed by atoms with Crippen LogP contribution in [0.25, 0.3) is 0 Å². The summed E-state index contributed by atoms with van der Waals surface area (Å²) in [5, 5.41) is 1.59. The van der Waals surface area contributed by atoms with Crippen molar-refractivity contribution in [1.82, 2.24) is 4.90 Å². The molecule has 1 fully saturated rings. The van der Waals surface area contributed by atoms with Crippen LogP contribution in [0.2, 0.25) is 0 Å². The molecule has 8 heteroatoms. The van der Waals surface area contributed by atoms with Crippen LogP contribution < -0.4 is 9.46 Å². The maximum atomic E-state index is 12.5. The highest BCUT2D eigenvalue weighted by Gasteiger charge is 2.24. The third-order valence-corrected chi connectivity index (χ3v) is 6.64. The topological polar surface area (TPSA) is 75.7 Å². The van der Waals surface area contributed by atoms with Crippen LogP contribution in [0.15, 0.2) is 39.9 Å². The number of nitrogens with zero attached hydrogens (tertiary/aromatic N) is 1. The Morgan fingerprint density at radius 3 is 2.67 bits per heavy atom. The molecule has 0 spiro atoms. The molecule has 128 valence electrons. The fourth-order valence-electron chi connectivity index (χ4n) is 2.60. The van der Waals surface area contributed by atoms with Crippen LogP contribution in [-0.4, -0.2) is 39.4 Å². The molecule has 0 aliphatic carbocycles. The van der Waals surface area contributed by atoms with Gasteiger partial charge in [0.05, 0.1) is 18.4 Å². The van der Waals surface area contributed by atoms with E-state index < -0.39 is 10.0 Å². The fourth-order valence-corrected chi connectivity index (χ4v) is 4.82. The van der Waals surface area contributed by atoms with E-state index in [4.69, 9.17) is 4.74 Å². The molecule has 0 unspecified atom stereocenters. The van der Waals surface area contributed by atoms with Crippen molar-refractivity contribution in [1.29, 1.82) is 0 Å². The van der Waals surface area contributed by atoms with Crippen molar-refractivity contribution in [2.45, 2.75) is 17.1 Å². The Bertz CT molecular complexity index is 839. The maximum absolute atomic E-state index is 12.5. The lowest BCUT2D eigenvalue weighted by atomic mass is 10.3. The van der Waals surface area contributed by atoms with Crippen molar-refractivity contribution in [3.05, 3.63) is 41.3 Å². The molecule has 24 heavy (non-hydrogen) atoms. The number of rotatable bonds is 5. The number of likely N-dealkylation sites (tertiary alicyclic amines) is 1. The molecule has 1 N–H and O–H groups in total. The third-order valence-electron chi connectivity index (χ3n) is 3.83. The molecule has 1 aliphatic rings. The van der Waals surface area contributed by atoms with Crippen molar-refractivity contribution < 1.29 is 17.9 Å². The number of sulfonamides is 1. The van der Waals surface area contributed by atoms with Gasteiger partial charge >= 0.3 is 0 Å². The molecule has 0 radical (unpaired) electrons. The smallest absolute Gasteiger partial charge is 0.271 e. The summed E-state index contributed by atoms with van der Waals surface area (Å²) in [6, 6.07) is 8.21. The van der Waals surface area contributed by atoms with E-state index in [0.717, 1.165) is 37.3 Å². The van der Waals surface area contributed by atoms with E-state index in [1.165, 1.54) is 13.2 Å². The number of methoxy groups -OCH3 is 1. The Hall–Kier alpha value is -2.06. The van der Waals surface area contributed by atoms with Gasteiger partial charge < -0.3 is 9.64 Å². The van der Waals surface area contributed by atoms with Crippen LogP contribution >= 0.6 is 11.3 Å². The molecule has 6 nitrogen and oxygen atoms in total. The van der Waals surface area contributed by atoms with Gasteiger partial charge in [0.1, 0.15) is 9.96 Å². The quantitative estimate of drug-likeness (QED) is 0.883. The molecule has 2 heterocycles. The Morgan fingerprint density at radius 2 is 1.96 bits per heavy atom. The Morgan fingerprint density at radius 1 is 1.25 bits per heavy atom. The van der Waals surface area contributed by atoms with E-state index in [9.17, 15) is 13.2 Å². The minimum atomic E-state index is -3.76. The van der Waals surface area contributed by atoms with Gasteiger partial charge in [-0.05, 0) is 31.0 Å². The number of hydrogen-bond acceptors (Lipinski definition) is 5. The molecule has 1 aliphatic heterocycles. The van der Waals surface area contributed by atoms with Crippen molar-refractivity contribution in [2.75, 3.05) is 24.9 Å². The lowest BCUT2D eigenvalue weighted by molar-refractivity contribution is 0.0793. The molecule has 1 aromatic heterocycles. The fraction of sp³-hybridized carbons (Fsp3) is 0.312. The normalized spacial score (nSPS) is 14.6. The first kappa shape index (κ1) is 16.8. The van der Waals surface area contributed by atoms with E-state index in [0.29, 0.717) is 17.0 Å². The zero-order valence-electron chi connectivity index (χ0n) is 13.2. The highest BCUT2D eigenvalue weighted by molar-refractivity contribution is 7.94. The average molecular weight is 366 g/mol. The highest BCUT2D eigenvalue weighted by Crippen LogP contribution is 2.29. The molecule has 0 bridgehead atoms. The third kappa shape index (κ3) is 3.39. The van der Waals surface area contributed by atoms with Crippen LogP contribution in [0.4, 0.5) is 5.69 Å². The minimum absolute atomic E-state index is 0.107. The summed E-state index contributed by atoms with van der Waals surface area (Å²) >= 11 is 1.04. The lowest BCUT2D eigenvalue weighted by Gasteiger charge is -2.13. The molecular weight excluding hydrogens is 348 g/mol. The largest absolute Gasteiger partial charge is 0.495 e. The van der Waals surface area contributed by atoms with Gasteiger partial charge in [-0.1, -0.05) is 12.1 Å². The van der Waals surface area contributed by atoms with Gasteiger partial charge in [-0.15, -0.1) is 11.3 Å². The number of anilines is 1. The number of ether oxygens (including phenoxy) is 1.